The zero-order valence-corrected chi connectivity index (χ0v) is 11.4. The van der Waals surface area contributed by atoms with Gasteiger partial charge in [0.1, 0.15) is 11.6 Å². The molecule has 1 aromatic carbocycles. The molecule has 1 heterocycles. The summed E-state index contributed by atoms with van der Waals surface area (Å²) in [7, 11) is 0. The van der Waals surface area contributed by atoms with Crippen molar-refractivity contribution in [1.29, 1.82) is 0 Å². The van der Waals surface area contributed by atoms with E-state index in [2.05, 4.69) is 10.3 Å². The van der Waals surface area contributed by atoms with Crippen LogP contribution in [0, 0.1) is 0 Å². The number of phenolic OH excluding ortho intramolecular Hbond substituents is 1. The van der Waals surface area contributed by atoms with Gasteiger partial charge in [-0.05, 0) is 36.9 Å². The molecule has 5 heteroatoms. The number of fused-ring (bicyclic) bond motifs is 1. The molecule has 0 amide bonds. The van der Waals surface area contributed by atoms with E-state index >= 15 is 0 Å². The molecule has 5 nitrogen and oxygen atoms in total. The van der Waals surface area contributed by atoms with Crippen LogP contribution in [-0.4, -0.2) is 29.2 Å². The highest BCUT2D eigenvalue weighted by atomic mass is 16.5. The predicted octanol–water partition coefficient (Wildman–Crippen LogP) is 2.70. The van der Waals surface area contributed by atoms with Gasteiger partial charge in [0.05, 0.1) is 6.61 Å². The number of aromatic nitrogens is 1. The van der Waals surface area contributed by atoms with Crippen molar-refractivity contribution in [2.45, 2.75) is 19.8 Å². The summed E-state index contributed by atoms with van der Waals surface area (Å²) in [6, 6.07) is 7.05. The lowest BCUT2D eigenvalue weighted by atomic mass is 10.1. The zero-order valence-electron chi connectivity index (χ0n) is 11.4. The van der Waals surface area contributed by atoms with E-state index in [1.165, 1.54) is 0 Å². The molecule has 0 saturated heterocycles. The van der Waals surface area contributed by atoms with Crippen molar-refractivity contribution >= 4 is 22.6 Å². The molecule has 2 rings (SSSR count). The van der Waals surface area contributed by atoms with Gasteiger partial charge in [-0.3, -0.25) is 4.79 Å². The molecule has 0 fully saturated rings. The third-order valence-corrected chi connectivity index (χ3v) is 2.91. The highest BCUT2D eigenvalue weighted by molar-refractivity contribution is 5.92. The van der Waals surface area contributed by atoms with Crippen molar-refractivity contribution in [3.8, 4) is 5.75 Å². The van der Waals surface area contributed by atoms with Crippen LogP contribution in [0.25, 0.3) is 10.8 Å². The second-order valence-electron chi connectivity index (χ2n) is 4.40. The number of phenols is 1. The van der Waals surface area contributed by atoms with E-state index in [9.17, 15) is 9.90 Å². The first-order chi connectivity index (χ1) is 9.70. The first-order valence-electron chi connectivity index (χ1n) is 6.68. The Bertz CT molecular complexity index is 599. The highest BCUT2D eigenvalue weighted by Gasteiger charge is 2.04. The molecule has 20 heavy (non-hydrogen) atoms. The predicted molar refractivity (Wildman–Crippen MR) is 77.8 cm³/mol. The Morgan fingerprint density at radius 1 is 1.40 bits per heavy atom. The van der Waals surface area contributed by atoms with Crippen molar-refractivity contribution in [2.24, 2.45) is 0 Å². The molecule has 0 radical (unpaired) electrons. The number of nitrogens with zero attached hydrogens (tertiary/aromatic N) is 1. The van der Waals surface area contributed by atoms with Gasteiger partial charge in [0.2, 0.25) is 0 Å². The number of ether oxygens (including phenoxy) is 1. The minimum Gasteiger partial charge on any atom is -0.508 e. The van der Waals surface area contributed by atoms with Gasteiger partial charge in [-0.15, -0.1) is 0 Å². The van der Waals surface area contributed by atoms with Gasteiger partial charge in [-0.1, -0.05) is 6.07 Å². The summed E-state index contributed by atoms with van der Waals surface area (Å²) in [5.41, 5.74) is 0. The van der Waals surface area contributed by atoms with E-state index < -0.39 is 0 Å². The summed E-state index contributed by atoms with van der Waals surface area (Å²) in [6.07, 6.45) is 2.78. The van der Waals surface area contributed by atoms with Crippen LogP contribution in [0.15, 0.2) is 30.5 Å². The fourth-order valence-electron chi connectivity index (χ4n) is 1.97. The molecule has 2 aromatic rings. The van der Waals surface area contributed by atoms with Gasteiger partial charge in [0.15, 0.2) is 0 Å². The summed E-state index contributed by atoms with van der Waals surface area (Å²) in [5, 5.41) is 14.6. The molecular weight excluding hydrogens is 256 g/mol. The largest absolute Gasteiger partial charge is 0.508 e. The molecular formula is C15H18N2O3. The van der Waals surface area contributed by atoms with Crippen LogP contribution in [0.5, 0.6) is 5.75 Å². The Kier molecular flexibility index (Phi) is 4.76. The third kappa shape index (κ3) is 3.60. The number of benzene rings is 1. The summed E-state index contributed by atoms with van der Waals surface area (Å²) in [5.74, 6) is 0.736. The van der Waals surface area contributed by atoms with Crippen LogP contribution < -0.4 is 5.32 Å². The van der Waals surface area contributed by atoms with Crippen molar-refractivity contribution in [3.63, 3.8) is 0 Å². The molecule has 0 aliphatic heterocycles. The van der Waals surface area contributed by atoms with E-state index in [-0.39, 0.29) is 11.7 Å². The number of carbonyl (C=O) groups excluding carboxylic acids is 1. The number of aromatic hydroxyl groups is 1. The first-order valence-corrected chi connectivity index (χ1v) is 6.68. The molecule has 0 aliphatic carbocycles. The number of esters is 1. The van der Waals surface area contributed by atoms with Crippen LogP contribution in [0.1, 0.15) is 19.8 Å². The van der Waals surface area contributed by atoms with E-state index in [1.54, 1.807) is 25.3 Å². The molecule has 0 aliphatic rings. The number of nitrogens with one attached hydrogen (secondary N) is 1. The van der Waals surface area contributed by atoms with Gasteiger partial charge < -0.3 is 15.2 Å². The topological polar surface area (TPSA) is 71.5 Å². The maximum atomic E-state index is 11.2. The second kappa shape index (κ2) is 6.75. The molecule has 2 N–H and O–H groups in total. The Hall–Kier alpha value is -2.30. The average molecular weight is 274 g/mol. The van der Waals surface area contributed by atoms with Crippen LogP contribution in [0.2, 0.25) is 0 Å². The highest BCUT2D eigenvalue weighted by Crippen LogP contribution is 2.24. The SMILES string of the molecule is CCOC(=O)CCCNc1nccc2ccc(O)cc12. The zero-order chi connectivity index (χ0) is 14.4. The van der Waals surface area contributed by atoms with Gasteiger partial charge in [-0.2, -0.15) is 0 Å². The molecule has 0 spiro atoms. The van der Waals surface area contributed by atoms with Crippen LogP contribution in [-0.2, 0) is 9.53 Å². The Labute approximate surface area is 117 Å². The van der Waals surface area contributed by atoms with Gasteiger partial charge >= 0.3 is 5.97 Å². The normalized spacial score (nSPS) is 10.4. The van der Waals surface area contributed by atoms with E-state index in [4.69, 9.17) is 4.74 Å². The standard InChI is InChI=1S/C15H18N2O3/c1-2-20-14(19)4-3-8-16-15-13-10-12(18)6-5-11(13)7-9-17-15/h5-7,9-10,18H,2-4,8H2,1H3,(H,16,17). The van der Waals surface area contributed by atoms with Crippen LogP contribution in [0.4, 0.5) is 5.82 Å². The molecule has 106 valence electrons. The Morgan fingerprint density at radius 2 is 2.25 bits per heavy atom. The van der Waals surface area contributed by atoms with Crippen molar-refractivity contribution in [1.82, 2.24) is 4.98 Å². The summed E-state index contributed by atoms with van der Waals surface area (Å²) < 4.78 is 4.86. The molecule has 0 bridgehead atoms. The van der Waals surface area contributed by atoms with Crippen molar-refractivity contribution in [2.75, 3.05) is 18.5 Å². The smallest absolute Gasteiger partial charge is 0.305 e. The fraction of sp³-hybridized carbons (Fsp3) is 0.333. The summed E-state index contributed by atoms with van der Waals surface area (Å²) in [6.45, 7) is 2.83. The number of hydrogen-bond acceptors (Lipinski definition) is 5. The van der Waals surface area contributed by atoms with Crippen molar-refractivity contribution < 1.29 is 14.6 Å². The number of carbonyl (C=O) groups is 1. The monoisotopic (exact) mass is 274 g/mol. The maximum Gasteiger partial charge on any atom is 0.305 e. The summed E-state index contributed by atoms with van der Waals surface area (Å²) >= 11 is 0. The van der Waals surface area contributed by atoms with Crippen molar-refractivity contribution in [3.05, 3.63) is 30.5 Å². The fourth-order valence-corrected chi connectivity index (χ4v) is 1.97. The third-order valence-electron chi connectivity index (χ3n) is 2.91. The molecule has 0 unspecified atom stereocenters. The summed E-state index contributed by atoms with van der Waals surface area (Å²) in [4.78, 5) is 15.5. The maximum absolute atomic E-state index is 11.2. The first kappa shape index (κ1) is 14.1. The number of rotatable bonds is 6. The van der Waals surface area contributed by atoms with E-state index in [0.717, 1.165) is 10.8 Å². The molecule has 0 atom stereocenters. The number of anilines is 1. The molecule has 1 aromatic heterocycles. The lowest BCUT2D eigenvalue weighted by molar-refractivity contribution is -0.143. The van der Waals surface area contributed by atoms with Gasteiger partial charge in [0, 0.05) is 24.5 Å². The lowest BCUT2D eigenvalue weighted by Gasteiger charge is -2.08. The average Bonchev–Trinajstić information content (AvgIpc) is 2.44. The van der Waals surface area contributed by atoms with Gasteiger partial charge in [-0.25, -0.2) is 4.98 Å². The number of hydrogen-bond donors (Lipinski definition) is 2. The van der Waals surface area contributed by atoms with Crippen LogP contribution >= 0.6 is 0 Å². The Balaban J connectivity index is 1.96. The Morgan fingerprint density at radius 3 is 3.05 bits per heavy atom. The second-order valence-corrected chi connectivity index (χ2v) is 4.40. The number of pyridine rings is 1. The minimum absolute atomic E-state index is 0.183. The quantitative estimate of drug-likeness (QED) is 0.626. The van der Waals surface area contributed by atoms with E-state index in [0.29, 0.717) is 31.8 Å². The van der Waals surface area contributed by atoms with E-state index in [1.807, 2.05) is 12.1 Å². The lowest BCUT2D eigenvalue weighted by Crippen LogP contribution is -2.09. The van der Waals surface area contributed by atoms with Crippen LogP contribution in [0.3, 0.4) is 0 Å². The van der Waals surface area contributed by atoms with Gasteiger partial charge in [0.25, 0.3) is 0 Å². The minimum atomic E-state index is -0.183. The molecule has 0 saturated carbocycles.